The predicted octanol–water partition coefficient (Wildman–Crippen LogP) is -6.89. The van der Waals surface area contributed by atoms with Crippen molar-refractivity contribution >= 4 is 0 Å². The van der Waals surface area contributed by atoms with Crippen LogP contribution >= 0.6 is 0 Å². The maximum Gasteiger partial charge on any atom is 0.186 e. The number of aliphatic hydroxyl groups is 10. The van der Waals surface area contributed by atoms with Gasteiger partial charge in [0.05, 0.1) is 26.4 Å². The third kappa shape index (κ3) is 5.64. The van der Waals surface area contributed by atoms with Crippen LogP contribution in [0, 0.1) is 0 Å². The van der Waals surface area contributed by atoms with E-state index >= 15 is 0 Å². The van der Waals surface area contributed by atoms with Crippen LogP contribution in [0.2, 0.25) is 0 Å². The molecule has 0 aromatic carbocycles. The zero-order chi connectivity index (χ0) is 24.4. The van der Waals surface area contributed by atoms with Gasteiger partial charge >= 0.3 is 0 Å². The van der Waals surface area contributed by atoms with Crippen LogP contribution in [0.5, 0.6) is 0 Å². The first-order valence-corrected chi connectivity index (χ1v) is 10.5. The van der Waals surface area contributed by atoms with Crippen molar-refractivity contribution in [1.29, 1.82) is 0 Å². The van der Waals surface area contributed by atoms with Gasteiger partial charge in [0.1, 0.15) is 73.2 Å². The first kappa shape index (κ1) is 27.0. The highest BCUT2D eigenvalue weighted by Gasteiger charge is 2.50. The summed E-state index contributed by atoms with van der Waals surface area (Å²) in [6.45, 7) is -2.17. The van der Waals surface area contributed by atoms with Gasteiger partial charge in [0.2, 0.25) is 0 Å². The van der Waals surface area contributed by atoms with E-state index in [2.05, 4.69) is 0 Å². The molecule has 0 bridgehead atoms. The average Bonchev–Trinajstić information content (AvgIpc) is 2.80. The molecule has 194 valence electrons. The molecular formula is C18H32O15. The van der Waals surface area contributed by atoms with Crippen LogP contribution < -0.4 is 0 Å². The Hall–Kier alpha value is -0.600. The highest BCUT2D eigenvalue weighted by Crippen LogP contribution is 2.29. The molecule has 10 N–H and O–H groups in total. The third-order valence-corrected chi connectivity index (χ3v) is 6.01. The molecule has 0 aromatic heterocycles. The van der Waals surface area contributed by atoms with Crippen LogP contribution in [-0.4, -0.2) is 163 Å². The minimum Gasteiger partial charge on any atom is -0.394 e. The fourth-order valence-electron chi connectivity index (χ4n) is 3.98. The van der Waals surface area contributed by atoms with Crippen LogP contribution in [0.15, 0.2) is 0 Å². The van der Waals surface area contributed by atoms with Crippen molar-refractivity contribution < 1.29 is 74.7 Å². The Morgan fingerprint density at radius 3 is 1.91 bits per heavy atom. The molecule has 0 unspecified atom stereocenters. The molecule has 0 amide bonds. The first-order chi connectivity index (χ1) is 15.6. The van der Waals surface area contributed by atoms with Crippen LogP contribution in [0.1, 0.15) is 0 Å². The van der Waals surface area contributed by atoms with Crippen LogP contribution in [-0.2, 0) is 23.7 Å². The second kappa shape index (κ2) is 11.4. The second-order valence-corrected chi connectivity index (χ2v) is 8.25. The van der Waals surface area contributed by atoms with Gasteiger partial charge in [0, 0.05) is 0 Å². The molecule has 0 saturated carbocycles. The summed E-state index contributed by atoms with van der Waals surface area (Å²) in [5, 5.41) is 98.8. The van der Waals surface area contributed by atoms with Crippen LogP contribution in [0.3, 0.4) is 0 Å². The summed E-state index contributed by atoms with van der Waals surface area (Å²) in [4.78, 5) is 0. The minimum atomic E-state index is -1.79. The Kier molecular flexibility index (Phi) is 9.35. The Morgan fingerprint density at radius 1 is 0.636 bits per heavy atom. The zero-order valence-corrected chi connectivity index (χ0v) is 17.4. The van der Waals surface area contributed by atoms with Crippen LogP contribution in [0.25, 0.3) is 0 Å². The summed E-state index contributed by atoms with van der Waals surface area (Å²) in [6.07, 6.45) is -21.2. The molecule has 0 aromatic rings. The summed E-state index contributed by atoms with van der Waals surface area (Å²) in [6, 6.07) is 0. The number of rotatable bonds is 7. The lowest BCUT2D eigenvalue weighted by atomic mass is 9.96. The lowest BCUT2D eigenvalue weighted by Crippen LogP contribution is -2.64. The Balaban J connectivity index is 1.70. The van der Waals surface area contributed by atoms with Crippen molar-refractivity contribution in [3.05, 3.63) is 0 Å². The van der Waals surface area contributed by atoms with E-state index in [1.54, 1.807) is 0 Å². The van der Waals surface area contributed by atoms with Gasteiger partial charge in [-0.15, -0.1) is 0 Å². The van der Waals surface area contributed by atoms with Crippen molar-refractivity contribution in [3.63, 3.8) is 0 Å². The molecule has 0 spiro atoms. The van der Waals surface area contributed by atoms with E-state index in [0.717, 1.165) is 0 Å². The molecule has 14 atom stereocenters. The Morgan fingerprint density at radius 2 is 1.27 bits per heavy atom. The van der Waals surface area contributed by atoms with E-state index in [-0.39, 0.29) is 6.61 Å². The summed E-state index contributed by atoms with van der Waals surface area (Å²) < 4.78 is 26.8. The summed E-state index contributed by atoms with van der Waals surface area (Å²) >= 11 is 0. The van der Waals surface area contributed by atoms with Gasteiger partial charge in [-0.2, -0.15) is 0 Å². The molecule has 33 heavy (non-hydrogen) atoms. The maximum atomic E-state index is 10.5. The van der Waals surface area contributed by atoms with Crippen molar-refractivity contribution in [2.45, 2.75) is 85.8 Å². The van der Waals surface area contributed by atoms with E-state index in [0.29, 0.717) is 0 Å². The lowest BCUT2D eigenvalue weighted by molar-refractivity contribution is -0.329. The molecular weight excluding hydrogens is 456 g/mol. The molecule has 0 aliphatic carbocycles. The lowest BCUT2D eigenvalue weighted by Gasteiger charge is -2.45. The van der Waals surface area contributed by atoms with Gasteiger partial charge in [-0.3, -0.25) is 0 Å². The fourth-order valence-corrected chi connectivity index (χ4v) is 3.98. The van der Waals surface area contributed by atoms with E-state index in [1.165, 1.54) is 0 Å². The van der Waals surface area contributed by atoms with E-state index in [1.807, 2.05) is 0 Å². The Labute approximate surface area is 187 Å². The monoisotopic (exact) mass is 488 g/mol. The molecule has 3 rings (SSSR count). The maximum absolute atomic E-state index is 10.5. The van der Waals surface area contributed by atoms with Gasteiger partial charge < -0.3 is 74.7 Å². The predicted molar refractivity (Wildman–Crippen MR) is 100 cm³/mol. The van der Waals surface area contributed by atoms with Gasteiger partial charge in [-0.1, -0.05) is 0 Å². The summed E-state index contributed by atoms with van der Waals surface area (Å²) in [5.41, 5.74) is 0. The molecule has 0 radical (unpaired) electrons. The van der Waals surface area contributed by atoms with Gasteiger partial charge in [0.25, 0.3) is 0 Å². The Bertz CT molecular complexity index is 607. The van der Waals surface area contributed by atoms with Crippen molar-refractivity contribution in [3.8, 4) is 0 Å². The SMILES string of the molecule is OC[C@H]1O[C@@H](OC[C@H]2OC[C@H](O)[C@@H](O)[C@H]2O[C@H]2[C@H](O)[C@@H](O)[C@@H](O)O[C@@H]2CO)[C@H](O)[C@@H](O)[C@H]1O. The molecule has 15 nitrogen and oxygen atoms in total. The normalized spacial score (nSPS) is 51.5. The average molecular weight is 488 g/mol. The molecule has 3 aliphatic rings. The quantitative estimate of drug-likeness (QED) is 0.160. The highest BCUT2D eigenvalue weighted by atomic mass is 16.7. The number of ether oxygens (including phenoxy) is 5. The van der Waals surface area contributed by atoms with E-state index < -0.39 is 106 Å². The second-order valence-electron chi connectivity index (χ2n) is 8.25. The summed E-state index contributed by atoms with van der Waals surface area (Å²) in [5.74, 6) is 0. The van der Waals surface area contributed by atoms with Crippen molar-refractivity contribution in [2.24, 2.45) is 0 Å². The smallest absolute Gasteiger partial charge is 0.186 e. The number of hydrogen-bond acceptors (Lipinski definition) is 15. The molecule has 15 heteroatoms. The fraction of sp³-hybridized carbons (Fsp3) is 1.00. The van der Waals surface area contributed by atoms with Crippen LogP contribution in [0.4, 0.5) is 0 Å². The standard InChI is InChI=1S/C18H32O15/c19-1-6-10(23)11(24)14(27)18(32-6)30-4-8-16(9(22)5(21)3-29-8)33-15-7(2-20)31-17(28)13(26)12(15)25/h5-28H,1-4H2/t5-,6+,7+,8+,9+,10-,11-,12+,13+,14+,15+,16-,17-,18+/m0/s1. The van der Waals surface area contributed by atoms with E-state index in [9.17, 15) is 51.1 Å². The molecule has 3 aliphatic heterocycles. The third-order valence-electron chi connectivity index (χ3n) is 6.01. The minimum absolute atomic E-state index is 0.335. The number of hydrogen-bond donors (Lipinski definition) is 10. The van der Waals surface area contributed by atoms with Gasteiger partial charge in [-0.25, -0.2) is 0 Å². The highest BCUT2D eigenvalue weighted by molar-refractivity contribution is 4.95. The first-order valence-electron chi connectivity index (χ1n) is 10.5. The van der Waals surface area contributed by atoms with Crippen molar-refractivity contribution in [1.82, 2.24) is 0 Å². The molecule has 3 fully saturated rings. The molecule has 3 heterocycles. The van der Waals surface area contributed by atoms with Gasteiger partial charge in [0.15, 0.2) is 12.6 Å². The largest absolute Gasteiger partial charge is 0.394 e. The van der Waals surface area contributed by atoms with E-state index in [4.69, 9.17) is 23.7 Å². The topological polar surface area (TPSA) is 248 Å². The number of aliphatic hydroxyl groups excluding tert-OH is 10. The molecule has 3 saturated heterocycles. The van der Waals surface area contributed by atoms with Gasteiger partial charge in [-0.05, 0) is 0 Å². The summed E-state index contributed by atoms with van der Waals surface area (Å²) in [7, 11) is 0. The van der Waals surface area contributed by atoms with Crippen molar-refractivity contribution in [2.75, 3.05) is 26.4 Å². The zero-order valence-electron chi connectivity index (χ0n) is 17.4.